The SMILES string of the molecule is O=C(NCCc1nnc2ccccn12)c1cc(-c2ccco2)nn1-c1ccccc1. The third-order valence-corrected chi connectivity index (χ3v) is 4.73. The van der Waals surface area contributed by atoms with Crippen molar-refractivity contribution in [3.05, 3.63) is 90.7 Å². The molecule has 1 aromatic carbocycles. The van der Waals surface area contributed by atoms with E-state index in [1.165, 1.54) is 0 Å². The maximum atomic E-state index is 13.0. The number of carbonyl (C=O) groups excluding carboxylic acids is 1. The van der Waals surface area contributed by atoms with Gasteiger partial charge >= 0.3 is 0 Å². The normalized spacial score (nSPS) is 11.1. The lowest BCUT2D eigenvalue weighted by atomic mass is 10.2. The van der Waals surface area contributed by atoms with Crippen LogP contribution in [0.2, 0.25) is 0 Å². The number of para-hydroxylation sites is 1. The van der Waals surface area contributed by atoms with E-state index in [1.54, 1.807) is 23.1 Å². The minimum Gasteiger partial charge on any atom is -0.463 e. The number of furan rings is 1. The standard InChI is InChI=1S/C22H18N6O2/c29-22(23-12-11-21-25-24-20-10-4-5-13-27(20)21)18-15-17(19-9-6-14-30-19)26-28(18)16-7-2-1-3-8-16/h1-10,13-15H,11-12H2,(H,23,29). The van der Waals surface area contributed by atoms with Crippen molar-refractivity contribution in [2.75, 3.05) is 6.54 Å². The zero-order valence-electron chi connectivity index (χ0n) is 16.0. The molecule has 4 heterocycles. The fourth-order valence-electron chi connectivity index (χ4n) is 3.29. The van der Waals surface area contributed by atoms with Crippen molar-refractivity contribution < 1.29 is 9.21 Å². The van der Waals surface area contributed by atoms with E-state index in [2.05, 4.69) is 20.6 Å². The molecule has 5 rings (SSSR count). The Balaban J connectivity index is 1.38. The van der Waals surface area contributed by atoms with Gasteiger partial charge in [-0.3, -0.25) is 9.20 Å². The van der Waals surface area contributed by atoms with Crippen molar-refractivity contribution in [1.82, 2.24) is 29.7 Å². The van der Waals surface area contributed by atoms with E-state index in [-0.39, 0.29) is 5.91 Å². The van der Waals surface area contributed by atoms with Crippen LogP contribution in [0.15, 0.2) is 83.6 Å². The molecule has 4 aromatic heterocycles. The molecule has 8 heteroatoms. The first-order valence-electron chi connectivity index (χ1n) is 9.56. The highest BCUT2D eigenvalue weighted by Crippen LogP contribution is 2.22. The van der Waals surface area contributed by atoms with E-state index in [1.807, 2.05) is 65.2 Å². The third kappa shape index (κ3) is 3.35. The van der Waals surface area contributed by atoms with Gasteiger partial charge in [-0.25, -0.2) is 4.68 Å². The lowest BCUT2D eigenvalue weighted by Crippen LogP contribution is -2.28. The minimum absolute atomic E-state index is 0.224. The van der Waals surface area contributed by atoms with Gasteiger partial charge in [0.05, 0.1) is 12.0 Å². The van der Waals surface area contributed by atoms with Crippen LogP contribution in [0, 0.1) is 0 Å². The summed E-state index contributed by atoms with van der Waals surface area (Å²) in [5.41, 5.74) is 2.60. The molecule has 1 N–H and O–H groups in total. The number of nitrogens with one attached hydrogen (secondary N) is 1. The van der Waals surface area contributed by atoms with Crippen molar-refractivity contribution in [2.45, 2.75) is 6.42 Å². The van der Waals surface area contributed by atoms with Crippen LogP contribution in [0.3, 0.4) is 0 Å². The number of fused-ring (bicyclic) bond motifs is 1. The van der Waals surface area contributed by atoms with Gasteiger partial charge < -0.3 is 9.73 Å². The lowest BCUT2D eigenvalue weighted by Gasteiger charge is -2.08. The Hall–Kier alpha value is -4.20. The van der Waals surface area contributed by atoms with Crippen LogP contribution >= 0.6 is 0 Å². The van der Waals surface area contributed by atoms with Crippen LogP contribution in [-0.4, -0.2) is 36.8 Å². The molecule has 0 saturated heterocycles. The number of carbonyl (C=O) groups is 1. The maximum Gasteiger partial charge on any atom is 0.270 e. The summed E-state index contributed by atoms with van der Waals surface area (Å²) in [5, 5.41) is 15.9. The molecule has 0 aliphatic rings. The van der Waals surface area contributed by atoms with Crippen molar-refractivity contribution >= 4 is 11.6 Å². The molecule has 148 valence electrons. The number of pyridine rings is 1. The van der Waals surface area contributed by atoms with Crippen molar-refractivity contribution in [3.63, 3.8) is 0 Å². The molecule has 0 bridgehead atoms. The van der Waals surface area contributed by atoms with Gasteiger partial charge in [0, 0.05) is 25.2 Å². The van der Waals surface area contributed by atoms with Gasteiger partial charge in [0.2, 0.25) is 0 Å². The first-order chi connectivity index (χ1) is 14.8. The number of hydrogen-bond donors (Lipinski definition) is 1. The van der Waals surface area contributed by atoms with Gasteiger partial charge in [0.1, 0.15) is 17.2 Å². The Labute approximate surface area is 171 Å². The number of benzene rings is 1. The Morgan fingerprint density at radius 3 is 2.70 bits per heavy atom. The zero-order chi connectivity index (χ0) is 20.3. The van der Waals surface area contributed by atoms with Gasteiger partial charge in [-0.2, -0.15) is 5.10 Å². The van der Waals surface area contributed by atoms with Crippen molar-refractivity contribution in [1.29, 1.82) is 0 Å². The summed E-state index contributed by atoms with van der Waals surface area (Å²) < 4.78 is 8.99. The molecule has 8 nitrogen and oxygen atoms in total. The molecular formula is C22H18N6O2. The molecule has 0 atom stereocenters. The predicted molar refractivity (Wildman–Crippen MR) is 110 cm³/mol. The summed E-state index contributed by atoms with van der Waals surface area (Å²) in [7, 11) is 0. The Bertz CT molecular complexity index is 1290. The summed E-state index contributed by atoms with van der Waals surface area (Å²) in [4.78, 5) is 13.0. The maximum absolute atomic E-state index is 13.0. The van der Waals surface area contributed by atoms with Gasteiger partial charge in [-0.15, -0.1) is 10.2 Å². The highest BCUT2D eigenvalue weighted by molar-refractivity contribution is 5.94. The van der Waals surface area contributed by atoms with Crippen LogP contribution in [-0.2, 0) is 6.42 Å². The number of nitrogens with zero attached hydrogens (tertiary/aromatic N) is 5. The molecule has 0 unspecified atom stereocenters. The van der Waals surface area contributed by atoms with Gasteiger partial charge in [-0.05, 0) is 36.4 Å². The Morgan fingerprint density at radius 1 is 1.00 bits per heavy atom. The fourth-order valence-corrected chi connectivity index (χ4v) is 3.29. The third-order valence-electron chi connectivity index (χ3n) is 4.73. The zero-order valence-corrected chi connectivity index (χ0v) is 16.0. The number of rotatable bonds is 6. The molecule has 0 spiro atoms. The van der Waals surface area contributed by atoms with E-state index in [4.69, 9.17) is 4.42 Å². The van der Waals surface area contributed by atoms with Crippen molar-refractivity contribution in [3.8, 4) is 17.1 Å². The second-order valence-electron chi connectivity index (χ2n) is 6.69. The van der Waals surface area contributed by atoms with E-state index in [9.17, 15) is 4.79 Å². The van der Waals surface area contributed by atoms with E-state index in [0.29, 0.717) is 30.1 Å². The van der Waals surface area contributed by atoms with Crippen LogP contribution in [0.5, 0.6) is 0 Å². The largest absolute Gasteiger partial charge is 0.463 e. The molecule has 0 aliphatic carbocycles. The summed E-state index contributed by atoms with van der Waals surface area (Å²) in [6.45, 7) is 0.421. The summed E-state index contributed by atoms with van der Waals surface area (Å²) in [6, 6.07) is 20.6. The topological polar surface area (TPSA) is 90.2 Å². The van der Waals surface area contributed by atoms with E-state index < -0.39 is 0 Å². The summed E-state index contributed by atoms with van der Waals surface area (Å²) >= 11 is 0. The molecule has 5 aromatic rings. The van der Waals surface area contributed by atoms with Crippen LogP contribution in [0.1, 0.15) is 16.3 Å². The number of amides is 1. The first-order valence-corrected chi connectivity index (χ1v) is 9.56. The molecule has 0 fully saturated rings. The number of hydrogen-bond acceptors (Lipinski definition) is 5. The molecule has 0 aliphatic heterocycles. The van der Waals surface area contributed by atoms with Crippen LogP contribution < -0.4 is 5.32 Å². The Kier molecular flexibility index (Phi) is 4.57. The average molecular weight is 398 g/mol. The van der Waals surface area contributed by atoms with E-state index in [0.717, 1.165) is 17.2 Å². The molecular weight excluding hydrogens is 380 g/mol. The van der Waals surface area contributed by atoms with Gasteiger partial charge in [-0.1, -0.05) is 24.3 Å². The smallest absolute Gasteiger partial charge is 0.270 e. The lowest BCUT2D eigenvalue weighted by molar-refractivity contribution is 0.0946. The predicted octanol–water partition coefficient (Wildman–Crippen LogP) is 3.15. The summed E-state index contributed by atoms with van der Waals surface area (Å²) in [6.07, 6.45) is 4.05. The van der Waals surface area contributed by atoms with Gasteiger partial charge in [0.15, 0.2) is 11.4 Å². The minimum atomic E-state index is -0.224. The van der Waals surface area contributed by atoms with Gasteiger partial charge in [0.25, 0.3) is 5.91 Å². The quantitative estimate of drug-likeness (QED) is 0.475. The highest BCUT2D eigenvalue weighted by Gasteiger charge is 2.18. The molecule has 0 saturated carbocycles. The second-order valence-corrected chi connectivity index (χ2v) is 6.69. The molecule has 1 amide bonds. The monoisotopic (exact) mass is 398 g/mol. The second kappa shape index (κ2) is 7.67. The van der Waals surface area contributed by atoms with E-state index >= 15 is 0 Å². The highest BCUT2D eigenvalue weighted by atomic mass is 16.3. The van der Waals surface area contributed by atoms with Crippen molar-refractivity contribution in [2.24, 2.45) is 0 Å². The first kappa shape index (κ1) is 17.9. The molecule has 30 heavy (non-hydrogen) atoms. The Morgan fingerprint density at radius 2 is 1.87 bits per heavy atom. The number of aromatic nitrogens is 5. The fraction of sp³-hybridized carbons (Fsp3) is 0.0909. The van der Waals surface area contributed by atoms with Crippen LogP contribution in [0.25, 0.3) is 22.8 Å². The van der Waals surface area contributed by atoms with Crippen LogP contribution in [0.4, 0.5) is 0 Å². The average Bonchev–Trinajstić information content (AvgIpc) is 3.54. The summed E-state index contributed by atoms with van der Waals surface area (Å²) in [5.74, 6) is 1.17. The molecule has 0 radical (unpaired) electrons.